The third-order valence-corrected chi connectivity index (χ3v) is 2.51. The molecule has 1 aromatic heterocycles. The van der Waals surface area contributed by atoms with E-state index in [0.717, 1.165) is 17.3 Å². The second kappa shape index (κ2) is 4.31. The van der Waals surface area contributed by atoms with Crippen LogP contribution >= 0.6 is 0 Å². The van der Waals surface area contributed by atoms with Crippen LogP contribution in [0, 0.1) is 6.92 Å². The fourth-order valence-electron chi connectivity index (χ4n) is 1.66. The van der Waals surface area contributed by atoms with Crippen molar-refractivity contribution in [1.82, 2.24) is 9.55 Å². The number of rotatable bonds is 3. The molecule has 0 saturated heterocycles. The van der Waals surface area contributed by atoms with Crippen LogP contribution in [-0.2, 0) is 6.54 Å². The molecule has 0 unspecified atom stereocenters. The first kappa shape index (κ1) is 10.6. The molecule has 0 fully saturated rings. The lowest BCUT2D eigenvalue weighted by atomic mass is 10.2. The zero-order chi connectivity index (χ0) is 11.5. The van der Waals surface area contributed by atoms with Crippen LogP contribution in [0.4, 0.5) is 0 Å². The van der Waals surface area contributed by atoms with Crippen molar-refractivity contribution in [3.8, 4) is 0 Å². The van der Waals surface area contributed by atoms with Crippen molar-refractivity contribution in [2.75, 3.05) is 0 Å². The lowest BCUT2D eigenvalue weighted by molar-refractivity contribution is 0.667. The van der Waals surface area contributed by atoms with Gasteiger partial charge < -0.3 is 0 Å². The van der Waals surface area contributed by atoms with E-state index in [1.165, 1.54) is 5.56 Å². The molecule has 82 valence electrons. The molecule has 0 aliphatic rings. The van der Waals surface area contributed by atoms with E-state index in [9.17, 15) is 4.79 Å². The van der Waals surface area contributed by atoms with Crippen molar-refractivity contribution in [2.24, 2.45) is 0 Å². The van der Waals surface area contributed by atoms with Crippen molar-refractivity contribution < 1.29 is 0 Å². The highest BCUT2D eigenvalue weighted by Gasteiger charge is 2.00. The minimum absolute atomic E-state index is 0.196. The fourth-order valence-corrected chi connectivity index (χ4v) is 1.66. The second-order valence-electron chi connectivity index (χ2n) is 3.86. The standard InChI is InChI=1S/C13H14N2O/c1-3-4-7-15-9-11-8-10(2)5-6-12(11)14-13(15)16/h3,5-6,8-9H,1,4,7H2,2H3. The van der Waals surface area contributed by atoms with Crippen molar-refractivity contribution in [3.63, 3.8) is 0 Å². The van der Waals surface area contributed by atoms with E-state index in [4.69, 9.17) is 0 Å². The van der Waals surface area contributed by atoms with Crippen LogP contribution in [0.5, 0.6) is 0 Å². The molecule has 3 heteroatoms. The summed E-state index contributed by atoms with van der Waals surface area (Å²) in [5, 5.41) is 1.00. The molecule has 0 aliphatic heterocycles. The Kier molecular flexibility index (Phi) is 2.86. The molecule has 0 aliphatic carbocycles. The Labute approximate surface area is 94.1 Å². The molecule has 1 heterocycles. The van der Waals surface area contributed by atoms with Crippen LogP contribution in [0.3, 0.4) is 0 Å². The van der Waals surface area contributed by atoms with E-state index in [1.54, 1.807) is 10.6 Å². The molecule has 0 N–H and O–H groups in total. The topological polar surface area (TPSA) is 34.9 Å². The van der Waals surface area contributed by atoms with Gasteiger partial charge in [0, 0.05) is 18.1 Å². The largest absolute Gasteiger partial charge is 0.348 e. The van der Waals surface area contributed by atoms with Gasteiger partial charge in [-0.05, 0) is 25.5 Å². The summed E-state index contributed by atoms with van der Waals surface area (Å²) in [4.78, 5) is 15.7. The van der Waals surface area contributed by atoms with Crippen molar-refractivity contribution >= 4 is 10.9 Å². The third kappa shape index (κ3) is 2.03. The molecule has 0 atom stereocenters. The van der Waals surface area contributed by atoms with Crippen LogP contribution in [0.1, 0.15) is 12.0 Å². The van der Waals surface area contributed by atoms with E-state index in [2.05, 4.69) is 11.6 Å². The summed E-state index contributed by atoms with van der Waals surface area (Å²) in [7, 11) is 0. The quantitative estimate of drug-likeness (QED) is 0.735. The number of hydrogen-bond acceptors (Lipinski definition) is 2. The molecule has 0 spiro atoms. The van der Waals surface area contributed by atoms with Gasteiger partial charge in [0.1, 0.15) is 0 Å². The Hall–Kier alpha value is -1.90. The molecular formula is C13H14N2O. The zero-order valence-corrected chi connectivity index (χ0v) is 9.31. The molecule has 2 aromatic rings. The summed E-state index contributed by atoms with van der Waals surface area (Å²) >= 11 is 0. The summed E-state index contributed by atoms with van der Waals surface area (Å²) in [6.07, 6.45) is 4.44. The van der Waals surface area contributed by atoms with Crippen molar-refractivity contribution in [3.05, 3.63) is 53.1 Å². The Morgan fingerprint density at radius 1 is 1.50 bits per heavy atom. The fraction of sp³-hybridized carbons (Fsp3) is 0.231. The first-order valence-corrected chi connectivity index (χ1v) is 5.29. The van der Waals surface area contributed by atoms with Gasteiger partial charge in [0.05, 0.1) is 5.52 Å². The maximum atomic E-state index is 11.6. The second-order valence-corrected chi connectivity index (χ2v) is 3.86. The highest BCUT2D eigenvalue weighted by atomic mass is 16.1. The van der Waals surface area contributed by atoms with Crippen LogP contribution in [0.2, 0.25) is 0 Å². The number of fused-ring (bicyclic) bond motifs is 1. The maximum absolute atomic E-state index is 11.6. The first-order chi connectivity index (χ1) is 7.70. The lowest BCUT2D eigenvalue weighted by Crippen LogP contribution is -2.22. The molecule has 16 heavy (non-hydrogen) atoms. The van der Waals surface area contributed by atoms with E-state index in [1.807, 2.05) is 31.3 Å². The SMILES string of the molecule is C=CCCn1cc2cc(C)ccc2nc1=O. The predicted molar refractivity (Wildman–Crippen MR) is 65.6 cm³/mol. The summed E-state index contributed by atoms with van der Waals surface area (Å²) in [6, 6.07) is 5.87. The zero-order valence-electron chi connectivity index (χ0n) is 9.31. The van der Waals surface area contributed by atoms with Crippen LogP contribution in [-0.4, -0.2) is 9.55 Å². The monoisotopic (exact) mass is 214 g/mol. The first-order valence-electron chi connectivity index (χ1n) is 5.29. The number of hydrogen-bond donors (Lipinski definition) is 0. The average molecular weight is 214 g/mol. The summed E-state index contributed by atoms with van der Waals surface area (Å²) in [5.74, 6) is 0. The molecule has 3 nitrogen and oxygen atoms in total. The number of allylic oxidation sites excluding steroid dienone is 1. The highest BCUT2D eigenvalue weighted by Crippen LogP contribution is 2.11. The van der Waals surface area contributed by atoms with E-state index in [-0.39, 0.29) is 5.69 Å². The van der Waals surface area contributed by atoms with Gasteiger partial charge in [-0.15, -0.1) is 6.58 Å². The minimum atomic E-state index is -0.196. The van der Waals surface area contributed by atoms with E-state index in [0.29, 0.717) is 6.54 Å². The minimum Gasteiger partial charge on any atom is -0.298 e. The Morgan fingerprint density at radius 3 is 3.06 bits per heavy atom. The van der Waals surface area contributed by atoms with Crippen molar-refractivity contribution in [1.29, 1.82) is 0 Å². The summed E-state index contributed by atoms with van der Waals surface area (Å²) in [5.41, 5.74) is 1.73. The van der Waals surface area contributed by atoms with Crippen molar-refractivity contribution in [2.45, 2.75) is 19.9 Å². The molecule has 0 bridgehead atoms. The molecular weight excluding hydrogens is 200 g/mol. The normalized spacial score (nSPS) is 10.6. The molecule has 1 aromatic carbocycles. The van der Waals surface area contributed by atoms with Gasteiger partial charge in [-0.1, -0.05) is 17.7 Å². The van der Waals surface area contributed by atoms with Crippen LogP contribution in [0.25, 0.3) is 10.9 Å². The van der Waals surface area contributed by atoms with Gasteiger partial charge in [-0.2, -0.15) is 4.98 Å². The molecule has 0 radical (unpaired) electrons. The molecule has 0 saturated carbocycles. The van der Waals surface area contributed by atoms with Gasteiger partial charge in [0.2, 0.25) is 0 Å². The molecule has 0 amide bonds. The van der Waals surface area contributed by atoms with Gasteiger partial charge >= 0.3 is 5.69 Å². The number of aryl methyl sites for hydroxylation is 2. The van der Waals surface area contributed by atoms with Gasteiger partial charge in [-0.3, -0.25) is 4.57 Å². The highest BCUT2D eigenvalue weighted by molar-refractivity contribution is 5.78. The number of benzene rings is 1. The maximum Gasteiger partial charge on any atom is 0.348 e. The van der Waals surface area contributed by atoms with Gasteiger partial charge in [-0.25, -0.2) is 4.79 Å². The number of nitrogens with zero attached hydrogens (tertiary/aromatic N) is 2. The average Bonchev–Trinajstić information content (AvgIpc) is 2.27. The van der Waals surface area contributed by atoms with Gasteiger partial charge in [0.15, 0.2) is 0 Å². The van der Waals surface area contributed by atoms with E-state index < -0.39 is 0 Å². The summed E-state index contributed by atoms with van der Waals surface area (Å²) in [6.45, 7) is 6.31. The summed E-state index contributed by atoms with van der Waals surface area (Å²) < 4.78 is 1.63. The van der Waals surface area contributed by atoms with Crippen LogP contribution in [0.15, 0.2) is 41.8 Å². The smallest absolute Gasteiger partial charge is 0.298 e. The van der Waals surface area contributed by atoms with Gasteiger partial charge in [0.25, 0.3) is 0 Å². The van der Waals surface area contributed by atoms with E-state index >= 15 is 0 Å². The Bertz CT molecular complexity index is 584. The Morgan fingerprint density at radius 2 is 2.31 bits per heavy atom. The predicted octanol–water partition coefficient (Wildman–Crippen LogP) is 2.28. The lowest BCUT2D eigenvalue weighted by Gasteiger charge is -2.05. The number of aromatic nitrogens is 2. The third-order valence-electron chi connectivity index (χ3n) is 2.51. The Balaban J connectivity index is 2.55. The van der Waals surface area contributed by atoms with Crippen LogP contribution < -0.4 is 5.69 Å². The molecule has 2 rings (SSSR count).